The van der Waals surface area contributed by atoms with Crippen LogP contribution in [0, 0.1) is 0 Å². The number of ether oxygens (including phenoxy) is 1. The van der Waals surface area contributed by atoms with E-state index in [-0.39, 0.29) is 0 Å². The quantitative estimate of drug-likeness (QED) is 0.686. The van der Waals surface area contributed by atoms with Crippen molar-refractivity contribution >= 4 is 0 Å². The lowest BCUT2D eigenvalue weighted by atomic mass is 10.0. The van der Waals surface area contributed by atoms with E-state index in [0.29, 0.717) is 12.5 Å². The lowest BCUT2D eigenvalue weighted by molar-refractivity contribution is 0.183. The van der Waals surface area contributed by atoms with Gasteiger partial charge in [0.2, 0.25) is 0 Å². The van der Waals surface area contributed by atoms with Gasteiger partial charge in [0.1, 0.15) is 0 Å². The molecule has 0 saturated carbocycles. The minimum atomic E-state index is 0.469. The molecule has 12 heavy (non-hydrogen) atoms. The van der Waals surface area contributed by atoms with Crippen molar-refractivity contribution in [3.8, 4) is 0 Å². The smallest absolute Gasteiger partial charge is 0.0730 e. The molecule has 0 aromatic carbocycles. The van der Waals surface area contributed by atoms with Gasteiger partial charge in [0.05, 0.1) is 6.61 Å². The molecule has 0 aliphatic carbocycles. The van der Waals surface area contributed by atoms with Crippen LogP contribution in [-0.4, -0.2) is 12.1 Å². The van der Waals surface area contributed by atoms with Gasteiger partial charge >= 0.3 is 0 Å². The summed E-state index contributed by atoms with van der Waals surface area (Å²) in [6.07, 6.45) is 1.83. The van der Waals surface area contributed by atoms with Gasteiger partial charge in [0.25, 0.3) is 0 Å². The van der Waals surface area contributed by atoms with Crippen molar-refractivity contribution in [2.45, 2.75) is 26.4 Å². The van der Waals surface area contributed by atoms with Crippen LogP contribution < -0.4 is 0 Å². The summed E-state index contributed by atoms with van der Waals surface area (Å²) in [6, 6.07) is 4.01. The molecule has 0 N–H and O–H groups in total. The summed E-state index contributed by atoms with van der Waals surface area (Å²) in [6.45, 7) is 4.93. The van der Waals surface area contributed by atoms with Crippen LogP contribution in [0.3, 0.4) is 0 Å². The van der Waals surface area contributed by atoms with E-state index in [0.717, 1.165) is 5.69 Å². The Morgan fingerprint density at radius 3 is 2.83 bits per heavy atom. The average Bonchev–Trinajstić information content (AvgIpc) is 2.05. The average molecular weight is 165 g/mol. The zero-order valence-corrected chi connectivity index (χ0v) is 7.87. The Morgan fingerprint density at radius 1 is 1.50 bits per heavy atom. The first-order valence-corrected chi connectivity index (χ1v) is 4.18. The minimum absolute atomic E-state index is 0.469. The Kier molecular flexibility index (Phi) is 3.23. The van der Waals surface area contributed by atoms with Crippen LogP contribution >= 0.6 is 0 Å². The molecule has 0 fully saturated rings. The van der Waals surface area contributed by atoms with Crippen LogP contribution in [0.5, 0.6) is 0 Å². The second-order valence-electron chi connectivity index (χ2n) is 3.14. The highest BCUT2D eigenvalue weighted by atomic mass is 16.5. The molecule has 2 heteroatoms. The molecule has 0 spiro atoms. The Balaban J connectivity index is 2.92. The second-order valence-corrected chi connectivity index (χ2v) is 3.14. The number of methoxy groups -OCH3 is 1. The molecular formula is C10H15NO. The first-order chi connectivity index (χ1) is 5.75. The highest BCUT2D eigenvalue weighted by molar-refractivity contribution is 5.21. The standard InChI is InChI=1S/C10H15NO/c1-8(2)10-9(7-12-3)5-4-6-11-10/h4-6,8H,7H2,1-3H3. The molecule has 1 rings (SSSR count). The maximum atomic E-state index is 5.08. The van der Waals surface area contributed by atoms with Crippen molar-refractivity contribution in [2.24, 2.45) is 0 Å². The molecule has 2 nitrogen and oxygen atoms in total. The zero-order valence-electron chi connectivity index (χ0n) is 7.87. The SMILES string of the molecule is COCc1cccnc1C(C)C. The van der Waals surface area contributed by atoms with Crippen molar-refractivity contribution in [3.05, 3.63) is 29.6 Å². The van der Waals surface area contributed by atoms with Gasteiger partial charge < -0.3 is 4.74 Å². The predicted octanol–water partition coefficient (Wildman–Crippen LogP) is 2.35. The van der Waals surface area contributed by atoms with Gasteiger partial charge in [-0.2, -0.15) is 0 Å². The molecule has 0 aliphatic rings. The monoisotopic (exact) mass is 165 g/mol. The van der Waals surface area contributed by atoms with Crippen LogP contribution in [0.15, 0.2) is 18.3 Å². The molecule has 1 aromatic heterocycles. The number of hydrogen-bond acceptors (Lipinski definition) is 2. The van der Waals surface area contributed by atoms with E-state index in [9.17, 15) is 0 Å². The van der Waals surface area contributed by atoms with Crippen molar-refractivity contribution in [1.29, 1.82) is 0 Å². The molecule has 0 aliphatic heterocycles. The minimum Gasteiger partial charge on any atom is -0.380 e. The van der Waals surface area contributed by atoms with Crippen LogP contribution in [0.1, 0.15) is 31.0 Å². The molecule has 0 saturated heterocycles. The van der Waals surface area contributed by atoms with E-state index in [1.807, 2.05) is 12.3 Å². The molecule has 66 valence electrons. The molecular weight excluding hydrogens is 150 g/mol. The van der Waals surface area contributed by atoms with E-state index in [2.05, 4.69) is 24.9 Å². The fraction of sp³-hybridized carbons (Fsp3) is 0.500. The predicted molar refractivity (Wildman–Crippen MR) is 49.0 cm³/mol. The maximum Gasteiger partial charge on any atom is 0.0730 e. The van der Waals surface area contributed by atoms with Gasteiger partial charge in [0, 0.05) is 19.0 Å². The Morgan fingerprint density at radius 2 is 2.25 bits per heavy atom. The Hall–Kier alpha value is -0.890. The van der Waals surface area contributed by atoms with Crippen molar-refractivity contribution in [2.75, 3.05) is 7.11 Å². The number of pyridine rings is 1. The fourth-order valence-electron chi connectivity index (χ4n) is 1.25. The lowest BCUT2D eigenvalue weighted by Crippen LogP contribution is -2.00. The van der Waals surface area contributed by atoms with E-state index in [4.69, 9.17) is 4.74 Å². The number of rotatable bonds is 3. The molecule has 1 aromatic rings. The van der Waals surface area contributed by atoms with Gasteiger partial charge in [-0.3, -0.25) is 4.98 Å². The topological polar surface area (TPSA) is 22.1 Å². The van der Waals surface area contributed by atoms with E-state index < -0.39 is 0 Å². The highest BCUT2D eigenvalue weighted by Crippen LogP contribution is 2.16. The first kappa shape index (κ1) is 9.20. The maximum absolute atomic E-state index is 5.08. The summed E-state index contributed by atoms with van der Waals surface area (Å²) < 4.78 is 5.08. The number of hydrogen-bond donors (Lipinski definition) is 0. The summed E-state index contributed by atoms with van der Waals surface area (Å²) in [5.74, 6) is 0.469. The number of aromatic nitrogens is 1. The zero-order chi connectivity index (χ0) is 8.97. The second kappa shape index (κ2) is 4.21. The lowest BCUT2D eigenvalue weighted by Gasteiger charge is -2.09. The van der Waals surface area contributed by atoms with Gasteiger partial charge in [-0.15, -0.1) is 0 Å². The highest BCUT2D eigenvalue weighted by Gasteiger charge is 2.05. The summed E-state index contributed by atoms with van der Waals surface area (Å²) in [7, 11) is 1.71. The molecule has 0 atom stereocenters. The number of nitrogens with zero attached hydrogens (tertiary/aromatic N) is 1. The van der Waals surface area contributed by atoms with Crippen molar-refractivity contribution < 1.29 is 4.74 Å². The van der Waals surface area contributed by atoms with Crippen molar-refractivity contribution in [1.82, 2.24) is 4.98 Å². The summed E-state index contributed by atoms with van der Waals surface area (Å²) >= 11 is 0. The summed E-state index contributed by atoms with van der Waals surface area (Å²) in [5, 5.41) is 0. The summed E-state index contributed by atoms with van der Waals surface area (Å²) in [5.41, 5.74) is 2.33. The van der Waals surface area contributed by atoms with Crippen LogP contribution in [0.25, 0.3) is 0 Å². The third-order valence-electron chi connectivity index (χ3n) is 1.77. The van der Waals surface area contributed by atoms with E-state index >= 15 is 0 Å². The molecule has 0 radical (unpaired) electrons. The normalized spacial score (nSPS) is 10.7. The third-order valence-corrected chi connectivity index (χ3v) is 1.77. The Bertz CT molecular complexity index is 245. The fourth-order valence-corrected chi connectivity index (χ4v) is 1.25. The Labute approximate surface area is 73.6 Å². The van der Waals surface area contributed by atoms with Crippen LogP contribution in [0.4, 0.5) is 0 Å². The van der Waals surface area contributed by atoms with Gasteiger partial charge in [0.15, 0.2) is 0 Å². The molecule has 0 bridgehead atoms. The van der Waals surface area contributed by atoms with Gasteiger partial charge in [-0.25, -0.2) is 0 Å². The van der Waals surface area contributed by atoms with Crippen LogP contribution in [-0.2, 0) is 11.3 Å². The molecule has 0 amide bonds. The van der Waals surface area contributed by atoms with Gasteiger partial charge in [-0.1, -0.05) is 19.9 Å². The van der Waals surface area contributed by atoms with E-state index in [1.54, 1.807) is 7.11 Å². The van der Waals surface area contributed by atoms with Crippen LogP contribution in [0.2, 0.25) is 0 Å². The third kappa shape index (κ3) is 2.05. The molecule has 1 heterocycles. The van der Waals surface area contributed by atoms with Crippen molar-refractivity contribution in [3.63, 3.8) is 0 Å². The van der Waals surface area contributed by atoms with E-state index in [1.165, 1.54) is 5.56 Å². The van der Waals surface area contributed by atoms with Gasteiger partial charge in [-0.05, 0) is 17.5 Å². The first-order valence-electron chi connectivity index (χ1n) is 4.18. The molecule has 0 unspecified atom stereocenters. The largest absolute Gasteiger partial charge is 0.380 e. The summed E-state index contributed by atoms with van der Waals surface area (Å²) in [4.78, 5) is 4.32.